The molecule has 1 aromatic rings. The lowest BCUT2D eigenvalue weighted by molar-refractivity contribution is 0.189. The normalized spacial score (nSPS) is 12.8. The summed E-state index contributed by atoms with van der Waals surface area (Å²) in [5.41, 5.74) is 0. The van der Waals surface area contributed by atoms with Crippen molar-refractivity contribution in [2.45, 2.75) is 16.2 Å². The van der Waals surface area contributed by atoms with Gasteiger partial charge in [-0.3, -0.25) is 0 Å². The number of methoxy groups -OCH3 is 1. The van der Waals surface area contributed by atoms with Crippen molar-refractivity contribution in [3.63, 3.8) is 0 Å². The van der Waals surface area contributed by atoms with Crippen molar-refractivity contribution in [2.75, 3.05) is 27.3 Å². The van der Waals surface area contributed by atoms with E-state index in [1.54, 1.807) is 7.11 Å². The molecule has 0 bridgehead atoms. The molecule has 0 fully saturated rings. The van der Waals surface area contributed by atoms with Gasteiger partial charge in [0, 0.05) is 27.3 Å². The van der Waals surface area contributed by atoms with Crippen molar-refractivity contribution in [1.29, 1.82) is 0 Å². The van der Waals surface area contributed by atoms with Gasteiger partial charge in [-0.05, 0) is 30.7 Å². The Hall–Kier alpha value is -1.00. The number of nitrogens with zero attached hydrogens (tertiary/aromatic N) is 1. The summed E-state index contributed by atoms with van der Waals surface area (Å²) in [4.78, 5) is -0.108. The zero-order chi connectivity index (χ0) is 15.4. The minimum Gasteiger partial charge on any atom is -0.385 e. The third-order valence-electron chi connectivity index (χ3n) is 2.68. The zero-order valence-electron chi connectivity index (χ0n) is 11.3. The molecule has 0 aliphatic rings. The van der Waals surface area contributed by atoms with Crippen LogP contribution in [0.15, 0.2) is 34.1 Å². The summed E-state index contributed by atoms with van der Waals surface area (Å²) in [6, 6.07) is 4.79. The zero-order valence-corrected chi connectivity index (χ0v) is 12.9. The first-order chi connectivity index (χ1) is 9.19. The molecule has 7 nitrogen and oxygen atoms in total. The van der Waals surface area contributed by atoms with Gasteiger partial charge in [0.1, 0.15) is 0 Å². The molecule has 0 unspecified atom stereocenters. The quantitative estimate of drug-likeness (QED) is 0.711. The maximum Gasteiger partial charge on any atom is 0.242 e. The van der Waals surface area contributed by atoms with E-state index in [2.05, 4.69) is 0 Å². The summed E-state index contributed by atoms with van der Waals surface area (Å²) in [5.74, 6) is 0. The van der Waals surface area contributed by atoms with Gasteiger partial charge in [0.05, 0.1) is 9.79 Å². The highest BCUT2D eigenvalue weighted by Crippen LogP contribution is 2.17. The molecular weight excluding hydrogens is 304 g/mol. The van der Waals surface area contributed by atoms with Crippen LogP contribution < -0.4 is 5.14 Å². The van der Waals surface area contributed by atoms with Gasteiger partial charge in [0.2, 0.25) is 20.0 Å². The molecule has 0 aliphatic carbocycles. The van der Waals surface area contributed by atoms with Gasteiger partial charge in [-0.15, -0.1) is 0 Å². The number of benzene rings is 1. The van der Waals surface area contributed by atoms with E-state index in [0.29, 0.717) is 19.6 Å². The van der Waals surface area contributed by atoms with E-state index >= 15 is 0 Å². The molecule has 0 radical (unpaired) electrons. The molecule has 0 saturated carbocycles. The molecule has 114 valence electrons. The van der Waals surface area contributed by atoms with E-state index in [1.807, 2.05) is 0 Å². The van der Waals surface area contributed by atoms with Gasteiger partial charge in [0.25, 0.3) is 0 Å². The fraction of sp³-hybridized carbons (Fsp3) is 0.455. The fourth-order valence-electron chi connectivity index (χ4n) is 1.53. The lowest BCUT2D eigenvalue weighted by atomic mass is 10.4. The average Bonchev–Trinajstić information content (AvgIpc) is 2.38. The average molecular weight is 322 g/mol. The first-order valence-corrected chi connectivity index (χ1v) is 8.76. The number of rotatable bonds is 7. The maximum absolute atomic E-state index is 12.2. The Labute approximate surface area is 119 Å². The van der Waals surface area contributed by atoms with Crippen LogP contribution >= 0.6 is 0 Å². The van der Waals surface area contributed by atoms with Crippen LogP contribution in [0.5, 0.6) is 0 Å². The summed E-state index contributed by atoms with van der Waals surface area (Å²) in [5, 5.41) is 4.96. The minimum absolute atomic E-state index is 0.0183. The van der Waals surface area contributed by atoms with Crippen molar-refractivity contribution in [3.05, 3.63) is 24.3 Å². The number of hydrogen-bond acceptors (Lipinski definition) is 5. The maximum atomic E-state index is 12.2. The van der Waals surface area contributed by atoms with Gasteiger partial charge in [-0.25, -0.2) is 26.3 Å². The summed E-state index contributed by atoms with van der Waals surface area (Å²) < 4.78 is 52.6. The van der Waals surface area contributed by atoms with Crippen molar-refractivity contribution < 1.29 is 21.6 Å². The molecule has 2 N–H and O–H groups in total. The van der Waals surface area contributed by atoms with Crippen molar-refractivity contribution in [3.8, 4) is 0 Å². The number of primary sulfonamides is 1. The van der Waals surface area contributed by atoms with Crippen molar-refractivity contribution in [1.82, 2.24) is 4.31 Å². The van der Waals surface area contributed by atoms with Crippen molar-refractivity contribution >= 4 is 20.0 Å². The van der Waals surface area contributed by atoms with Crippen LogP contribution in [0.2, 0.25) is 0 Å². The Morgan fingerprint density at radius 3 is 2.05 bits per heavy atom. The predicted octanol–water partition coefficient (Wildman–Crippen LogP) is -0.00900. The Bertz CT molecular complexity index is 638. The molecule has 9 heteroatoms. The number of hydrogen-bond donors (Lipinski definition) is 1. The van der Waals surface area contributed by atoms with Crippen LogP contribution in [0.25, 0.3) is 0 Å². The van der Waals surface area contributed by atoms with E-state index in [1.165, 1.54) is 35.6 Å². The third kappa shape index (κ3) is 4.25. The highest BCUT2D eigenvalue weighted by atomic mass is 32.2. The summed E-state index contributed by atoms with van der Waals surface area (Å²) >= 11 is 0. The molecule has 0 aliphatic heterocycles. The Kier molecular flexibility index (Phi) is 5.66. The van der Waals surface area contributed by atoms with E-state index < -0.39 is 20.0 Å². The fourth-order valence-corrected chi connectivity index (χ4v) is 3.26. The Morgan fingerprint density at radius 1 is 1.10 bits per heavy atom. The van der Waals surface area contributed by atoms with Crippen LogP contribution in [0.4, 0.5) is 0 Å². The summed E-state index contributed by atoms with van der Waals surface area (Å²) in [6.45, 7) is 0.775. The van der Waals surface area contributed by atoms with E-state index in [4.69, 9.17) is 9.88 Å². The third-order valence-corrected chi connectivity index (χ3v) is 5.48. The SMILES string of the molecule is COCCCN(C)S(=O)(=O)c1ccc(S(N)(=O)=O)cc1. The first-order valence-electron chi connectivity index (χ1n) is 5.77. The molecule has 0 heterocycles. The second-order valence-electron chi connectivity index (χ2n) is 4.19. The van der Waals surface area contributed by atoms with E-state index in [-0.39, 0.29) is 9.79 Å². The highest BCUT2D eigenvalue weighted by molar-refractivity contribution is 7.89. The van der Waals surface area contributed by atoms with E-state index in [9.17, 15) is 16.8 Å². The monoisotopic (exact) mass is 322 g/mol. The smallest absolute Gasteiger partial charge is 0.242 e. The van der Waals surface area contributed by atoms with Gasteiger partial charge >= 0.3 is 0 Å². The largest absolute Gasteiger partial charge is 0.385 e. The van der Waals surface area contributed by atoms with Gasteiger partial charge in [-0.2, -0.15) is 0 Å². The summed E-state index contributed by atoms with van der Waals surface area (Å²) in [6.07, 6.45) is 0.571. The topological polar surface area (TPSA) is 107 Å². The highest BCUT2D eigenvalue weighted by Gasteiger charge is 2.20. The standard InChI is InChI=1S/C11H18N2O5S2/c1-13(8-3-9-18-2)20(16,17)11-6-4-10(5-7-11)19(12,14)15/h4-7H,3,8-9H2,1-2H3,(H2,12,14,15). The molecule has 0 amide bonds. The van der Waals surface area contributed by atoms with Crippen LogP contribution in [0.1, 0.15) is 6.42 Å². The molecule has 20 heavy (non-hydrogen) atoms. The second kappa shape index (κ2) is 6.64. The van der Waals surface area contributed by atoms with Crippen LogP contribution in [-0.4, -0.2) is 48.4 Å². The minimum atomic E-state index is -3.83. The first kappa shape index (κ1) is 17.1. The number of ether oxygens (including phenoxy) is 1. The predicted molar refractivity (Wildman–Crippen MR) is 74.1 cm³/mol. The number of sulfonamides is 2. The molecule has 0 aromatic heterocycles. The van der Waals surface area contributed by atoms with E-state index in [0.717, 1.165) is 0 Å². The van der Waals surface area contributed by atoms with Gasteiger partial charge in [-0.1, -0.05) is 0 Å². The molecular formula is C11H18N2O5S2. The molecule has 0 saturated heterocycles. The summed E-state index contributed by atoms with van der Waals surface area (Å²) in [7, 11) is -4.47. The van der Waals surface area contributed by atoms with Crippen molar-refractivity contribution in [2.24, 2.45) is 5.14 Å². The van der Waals surface area contributed by atoms with Gasteiger partial charge < -0.3 is 4.74 Å². The molecule has 0 atom stereocenters. The van der Waals surface area contributed by atoms with Crippen LogP contribution in [-0.2, 0) is 24.8 Å². The molecule has 1 rings (SSSR count). The Morgan fingerprint density at radius 2 is 1.60 bits per heavy atom. The Balaban J connectivity index is 2.93. The van der Waals surface area contributed by atoms with Crippen LogP contribution in [0.3, 0.4) is 0 Å². The van der Waals surface area contributed by atoms with Crippen LogP contribution in [0, 0.1) is 0 Å². The number of nitrogens with two attached hydrogens (primary N) is 1. The second-order valence-corrected chi connectivity index (χ2v) is 7.80. The lowest BCUT2D eigenvalue weighted by Crippen LogP contribution is -2.28. The van der Waals surface area contributed by atoms with Gasteiger partial charge in [0.15, 0.2) is 0 Å². The molecule has 0 spiro atoms. The lowest BCUT2D eigenvalue weighted by Gasteiger charge is -2.17. The molecule has 1 aromatic carbocycles.